The van der Waals surface area contributed by atoms with Gasteiger partial charge < -0.3 is 10.1 Å². The lowest BCUT2D eigenvalue weighted by Crippen LogP contribution is -2.01. The molecule has 1 aliphatic carbocycles. The predicted molar refractivity (Wildman–Crippen MR) is 79.2 cm³/mol. The van der Waals surface area contributed by atoms with Crippen LogP contribution in [-0.4, -0.2) is 22.9 Å². The van der Waals surface area contributed by atoms with Crippen molar-refractivity contribution in [1.29, 1.82) is 0 Å². The van der Waals surface area contributed by atoms with Crippen molar-refractivity contribution in [3.8, 4) is 5.75 Å². The molecule has 0 bridgehead atoms. The number of hydrogen-bond donors (Lipinski definition) is 1. The molecule has 1 aromatic heterocycles. The first-order valence-electron chi connectivity index (χ1n) is 6.45. The molecule has 4 nitrogen and oxygen atoms in total. The summed E-state index contributed by atoms with van der Waals surface area (Å²) in [6, 6.07) is 7.20. The van der Waals surface area contributed by atoms with Crippen LogP contribution in [0.2, 0.25) is 0 Å². The van der Waals surface area contributed by atoms with Crippen molar-refractivity contribution >= 4 is 28.2 Å². The molecule has 21 heavy (non-hydrogen) atoms. The normalized spacial score (nSPS) is 14.4. The number of nitrogens with one attached hydrogen (secondary N) is 1. The number of benzene rings is 1. The summed E-state index contributed by atoms with van der Waals surface area (Å²) in [6.45, 7) is -2.79. The number of aromatic nitrogens is 2. The van der Waals surface area contributed by atoms with Gasteiger partial charge >= 0.3 is 6.61 Å². The quantitative estimate of drug-likeness (QED) is 0.778. The maximum absolute atomic E-state index is 12.0. The Balaban J connectivity index is 1.50. The Bertz CT molecular complexity index is 587. The number of thioether (sulfide) groups is 1. The van der Waals surface area contributed by atoms with Gasteiger partial charge in [0.15, 0.2) is 4.34 Å². The second-order valence-corrected chi connectivity index (χ2v) is 6.80. The zero-order valence-electron chi connectivity index (χ0n) is 11.0. The van der Waals surface area contributed by atoms with Gasteiger partial charge in [0.05, 0.1) is 0 Å². The Hall–Kier alpha value is -1.41. The van der Waals surface area contributed by atoms with Gasteiger partial charge in [0, 0.05) is 11.8 Å². The Morgan fingerprint density at radius 1 is 1.29 bits per heavy atom. The SMILES string of the molecule is FC(F)Oc1ccc(CSc2nnc(NC3CC3)s2)cc1. The minimum atomic E-state index is -2.79. The average Bonchev–Trinajstić information content (AvgIpc) is 3.15. The van der Waals surface area contributed by atoms with Crippen molar-refractivity contribution in [3.05, 3.63) is 29.8 Å². The van der Waals surface area contributed by atoms with Crippen LogP contribution in [0, 0.1) is 0 Å². The second-order valence-electron chi connectivity index (χ2n) is 4.60. The molecule has 0 unspecified atom stereocenters. The van der Waals surface area contributed by atoms with Crippen molar-refractivity contribution in [2.24, 2.45) is 0 Å². The number of nitrogens with zero attached hydrogens (tertiary/aromatic N) is 2. The van der Waals surface area contributed by atoms with Crippen LogP contribution in [0.25, 0.3) is 0 Å². The zero-order valence-corrected chi connectivity index (χ0v) is 12.6. The lowest BCUT2D eigenvalue weighted by Gasteiger charge is -2.04. The van der Waals surface area contributed by atoms with Gasteiger partial charge in [-0.25, -0.2) is 0 Å². The Morgan fingerprint density at radius 2 is 2.05 bits per heavy atom. The Morgan fingerprint density at radius 3 is 2.71 bits per heavy atom. The molecule has 2 aromatic rings. The third-order valence-corrected chi connectivity index (χ3v) is 4.88. The van der Waals surface area contributed by atoms with Gasteiger partial charge in [-0.1, -0.05) is 35.2 Å². The highest BCUT2D eigenvalue weighted by atomic mass is 32.2. The third-order valence-electron chi connectivity index (χ3n) is 2.82. The molecular formula is C13H13F2N3OS2. The smallest absolute Gasteiger partial charge is 0.387 e. The van der Waals surface area contributed by atoms with Crippen molar-refractivity contribution in [2.75, 3.05) is 5.32 Å². The molecular weight excluding hydrogens is 316 g/mol. The molecule has 1 heterocycles. The molecule has 0 radical (unpaired) electrons. The van der Waals surface area contributed by atoms with E-state index in [4.69, 9.17) is 0 Å². The molecule has 1 saturated carbocycles. The molecule has 0 atom stereocenters. The van der Waals surface area contributed by atoms with Gasteiger partial charge in [-0.15, -0.1) is 10.2 Å². The van der Waals surface area contributed by atoms with E-state index >= 15 is 0 Å². The molecule has 0 amide bonds. The Kier molecular flexibility index (Phi) is 4.54. The summed E-state index contributed by atoms with van der Waals surface area (Å²) in [5, 5.41) is 12.4. The molecule has 1 aliphatic rings. The van der Waals surface area contributed by atoms with Crippen molar-refractivity contribution < 1.29 is 13.5 Å². The van der Waals surface area contributed by atoms with E-state index in [1.54, 1.807) is 36.0 Å². The summed E-state index contributed by atoms with van der Waals surface area (Å²) >= 11 is 3.12. The van der Waals surface area contributed by atoms with Crippen LogP contribution in [0.1, 0.15) is 18.4 Å². The highest BCUT2D eigenvalue weighted by Crippen LogP contribution is 2.31. The fourth-order valence-electron chi connectivity index (χ4n) is 1.64. The topological polar surface area (TPSA) is 47.0 Å². The summed E-state index contributed by atoms with van der Waals surface area (Å²) in [7, 11) is 0. The Labute approximate surface area is 128 Å². The van der Waals surface area contributed by atoms with Crippen molar-refractivity contribution in [3.63, 3.8) is 0 Å². The molecule has 0 aliphatic heterocycles. The van der Waals surface area contributed by atoms with Gasteiger partial charge in [0.25, 0.3) is 0 Å². The van der Waals surface area contributed by atoms with E-state index in [0.29, 0.717) is 11.8 Å². The van der Waals surface area contributed by atoms with E-state index in [1.165, 1.54) is 24.2 Å². The monoisotopic (exact) mass is 329 g/mol. The molecule has 0 spiro atoms. The average molecular weight is 329 g/mol. The van der Waals surface area contributed by atoms with Crippen LogP contribution >= 0.6 is 23.1 Å². The molecule has 1 fully saturated rings. The van der Waals surface area contributed by atoms with Crippen molar-refractivity contribution in [2.45, 2.75) is 35.6 Å². The van der Waals surface area contributed by atoms with Crippen LogP contribution < -0.4 is 10.1 Å². The molecule has 8 heteroatoms. The molecule has 3 rings (SSSR count). The van der Waals surface area contributed by atoms with Gasteiger partial charge in [0.2, 0.25) is 5.13 Å². The molecule has 1 N–H and O–H groups in total. The van der Waals surface area contributed by atoms with Gasteiger partial charge in [-0.3, -0.25) is 0 Å². The summed E-state index contributed by atoms with van der Waals surface area (Å²) in [5.74, 6) is 0.887. The standard InChI is InChI=1S/C13H13F2N3OS2/c14-11(15)19-10-5-1-8(2-6-10)7-20-13-18-17-12(21-13)16-9-3-4-9/h1-2,5-6,9,11H,3-4,7H2,(H,16,17). The number of anilines is 1. The van der Waals surface area contributed by atoms with E-state index in [9.17, 15) is 8.78 Å². The first-order chi connectivity index (χ1) is 10.2. The summed E-state index contributed by atoms with van der Waals surface area (Å²) < 4.78 is 29.3. The number of halogens is 2. The van der Waals surface area contributed by atoms with E-state index in [2.05, 4.69) is 20.3 Å². The third kappa shape index (κ3) is 4.53. The van der Waals surface area contributed by atoms with E-state index < -0.39 is 6.61 Å². The highest BCUT2D eigenvalue weighted by molar-refractivity contribution is 8.00. The summed E-state index contributed by atoms with van der Waals surface area (Å²) in [4.78, 5) is 0. The van der Waals surface area contributed by atoms with E-state index in [1.807, 2.05) is 0 Å². The summed E-state index contributed by atoms with van der Waals surface area (Å²) in [6.07, 6.45) is 2.41. The van der Waals surface area contributed by atoms with E-state index in [0.717, 1.165) is 15.0 Å². The van der Waals surface area contributed by atoms with Gasteiger partial charge in [-0.2, -0.15) is 8.78 Å². The van der Waals surface area contributed by atoms with Crippen LogP contribution in [0.15, 0.2) is 28.6 Å². The highest BCUT2D eigenvalue weighted by Gasteiger charge is 2.22. The minimum absolute atomic E-state index is 0.172. The zero-order chi connectivity index (χ0) is 14.7. The van der Waals surface area contributed by atoms with Gasteiger partial charge in [0.1, 0.15) is 5.75 Å². The number of rotatable bonds is 7. The van der Waals surface area contributed by atoms with E-state index in [-0.39, 0.29) is 5.75 Å². The van der Waals surface area contributed by atoms with Gasteiger partial charge in [-0.05, 0) is 30.5 Å². The van der Waals surface area contributed by atoms with Crippen molar-refractivity contribution in [1.82, 2.24) is 10.2 Å². The fraction of sp³-hybridized carbons (Fsp3) is 0.385. The maximum atomic E-state index is 12.0. The first-order valence-corrected chi connectivity index (χ1v) is 8.26. The number of alkyl halides is 2. The molecule has 1 aromatic carbocycles. The number of ether oxygens (including phenoxy) is 1. The fourth-order valence-corrected chi connectivity index (χ4v) is 3.43. The van der Waals surface area contributed by atoms with Crippen LogP contribution in [0.5, 0.6) is 5.75 Å². The summed E-state index contributed by atoms with van der Waals surface area (Å²) in [5.41, 5.74) is 1.02. The maximum Gasteiger partial charge on any atom is 0.387 e. The first kappa shape index (κ1) is 14.5. The molecule has 0 saturated heterocycles. The minimum Gasteiger partial charge on any atom is -0.435 e. The van der Waals surface area contributed by atoms with Crippen LogP contribution in [0.4, 0.5) is 13.9 Å². The number of hydrogen-bond acceptors (Lipinski definition) is 6. The molecule has 112 valence electrons. The van der Waals surface area contributed by atoms with Crippen LogP contribution in [0.3, 0.4) is 0 Å². The van der Waals surface area contributed by atoms with Crippen LogP contribution in [-0.2, 0) is 5.75 Å². The lowest BCUT2D eigenvalue weighted by atomic mass is 10.2. The predicted octanol–water partition coefficient (Wildman–Crippen LogP) is 4.01. The second kappa shape index (κ2) is 6.57. The largest absolute Gasteiger partial charge is 0.435 e. The lowest BCUT2D eigenvalue weighted by molar-refractivity contribution is -0.0498.